The van der Waals surface area contributed by atoms with Crippen LogP contribution in [-0.2, 0) is 9.53 Å². The van der Waals surface area contributed by atoms with Crippen molar-refractivity contribution in [2.75, 3.05) is 0 Å². The van der Waals surface area contributed by atoms with Crippen molar-refractivity contribution in [2.45, 2.75) is 26.4 Å². The summed E-state index contributed by atoms with van der Waals surface area (Å²) in [6.07, 6.45) is 0. The molecule has 0 aliphatic heterocycles. The first-order valence-electron chi connectivity index (χ1n) is 4.42. The molecule has 0 aliphatic carbocycles. The number of rotatable bonds is 2. The average Bonchev–Trinajstić information content (AvgIpc) is 2.54. The Balaban J connectivity index is 2.88. The van der Waals surface area contributed by atoms with Crippen LogP contribution in [0.25, 0.3) is 5.53 Å². The minimum atomic E-state index is -0.622. The maximum atomic E-state index is 11.6. The Labute approximate surface area is 92.1 Å². The first-order chi connectivity index (χ1) is 6.94. The van der Waals surface area contributed by atoms with Crippen LogP contribution in [0.3, 0.4) is 0 Å². The molecule has 1 heterocycles. The van der Waals surface area contributed by atoms with Crippen molar-refractivity contribution < 1.29 is 14.3 Å². The third kappa shape index (κ3) is 3.31. The number of hydrogen-bond acceptors (Lipinski definition) is 3. The van der Waals surface area contributed by atoms with Gasteiger partial charge in [0.2, 0.25) is 0 Å². The normalized spacial score (nSPS) is 10.6. The third-order valence-corrected chi connectivity index (χ3v) is 2.17. The van der Waals surface area contributed by atoms with Crippen LogP contribution in [0.2, 0.25) is 0 Å². The van der Waals surface area contributed by atoms with Crippen molar-refractivity contribution in [3.8, 4) is 0 Å². The molecule has 1 aromatic heterocycles. The molecule has 1 rings (SSSR count). The molecular weight excluding hydrogens is 212 g/mol. The molecule has 0 aliphatic rings. The van der Waals surface area contributed by atoms with E-state index in [-0.39, 0.29) is 5.71 Å². The summed E-state index contributed by atoms with van der Waals surface area (Å²) in [4.78, 5) is 14.5. The van der Waals surface area contributed by atoms with E-state index < -0.39 is 11.6 Å². The zero-order valence-electron chi connectivity index (χ0n) is 8.85. The maximum Gasteiger partial charge on any atom is 0.422 e. The van der Waals surface area contributed by atoms with Gasteiger partial charge >= 0.3 is 11.7 Å². The molecule has 0 fully saturated rings. The highest BCUT2D eigenvalue weighted by Crippen LogP contribution is 2.11. The molecule has 1 aromatic rings. The van der Waals surface area contributed by atoms with Crippen molar-refractivity contribution in [1.29, 1.82) is 0 Å². The number of nitrogens with zero attached hydrogens (tertiary/aromatic N) is 2. The van der Waals surface area contributed by atoms with E-state index in [0.717, 1.165) is 0 Å². The number of thiophene rings is 1. The van der Waals surface area contributed by atoms with Crippen LogP contribution in [0.1, 0.15) is 26.3 Å². The zero-order valence-corrected chi connectivity index (χ0v) is 9.67. The van der Waals surface area contributed by atoms with E-state index in [1.807, 2.05) is 0 Å². The summed E-state index contributed by atoms with van der Waals surface area (Å²) in [6, 6.07) is 1.70. The van der Waals surface area contributed by atoms with Gasteiger partial charge in [-0.15, -0.1) is 0 Å². The molecule has 0 saturated carbocycles. The van der Waals surface area contributed by atoms with Gasteiger partial charge in [-0.05, 0) is 32.2 Å². The van der Waals surface area contributed by atoms with Gasteiger partial charge in [0.15, 0.2) is 0 Å². The average molecular weight is 224 g/mol. The summed E-state index contributed by atoms with van der Waals surface area (Å²) in [5.41, 5.74) is 8.67. The lowest BCUT2D eigenvalue weighted by molar-refractivity contribution is -0.150. The smallest absolute Gasteiger partial charge is 0.422 e. The Morgan fingerprint density at radius 3 is 2.60 bits per heavy atom. The molecular formula is C10H12N2O2S. The third-order valence-electron chi connectivity index (χ3n) is 1.49. The lowest BCUT2D eigenvalue weighted by Crippen LogP contribution is -2.29. The van der Waals surface area contributed by atoms with Gasteiger partial charge in [-0.1, -0.05) is 0 Å². The second kappa shape index (κ2) is 4.38. The molecule has 0 unspecified atom stereocenters. The molecule has 80 valence electrons. The SMILES string of the molecule is CC(C)(C)OC(=O)C(=[N+]=[N-])c1ccsc1. The molecule has 0 bridgehead atoms. The first kappa shape index (κ1) is 11.6. The van der Waals surface area contributed by atoms with Crippen LogP contribution in [0, 0.1) is 0 Å². The van der Waals surface area contributed by atoms with Crippen LogP contribution in [0.5, 0.6) is 0 Å². The Kier molecular flexibility index (Phi) is 3.39. The van der Waals surface area contributed by atoms with Crippen molar-refractivity contribution in [3.05, 3.63) is 27.9 Å². The molecule has 0 radical (unpaired) electrons. The lowest BCUT2D eigenvalue weighted by Gasteiger charge is -2.17. The predicted octanol–water partition coefficient (Wildman–Crippen LogP) is 2.11. The summed E-state index contributed by atoms with van der Waals surface area (Å²) in [5.74, 6) is -0.622. The van der Waals surface area contributed by atoms with Crippen LogP contribution in [-0.4, -0.2) is 22.1 Å². The summed E-state index contributed by atoms with van der Waals surface area (Å²) < 4.78 is 5.09. The summed E-state index contributed by atoms with van der Waals surface area (Å²) in [6.45, 7) is 5.27. The van der Waals surface area contributed by atoms with E-state index in [1.54, 1.807) is 37.6 Å². The van der Waals surface area contributed by atoms with Gasteiger partial charge in [-0.2, -0.15) is 16.1 Å². The number of carbonyl (C=O) groups excluding carboxylic acids is 1. The van der Waals surface area contributed by atoms with Gasteiger partial charge in [-0.25, -0.2) is 4.79 Å². The monoisotopic (exact) mass is 224 g/mol. The Morgan fingerprint density at radius 1 is 1.53 bits per heavy atom. The Hall–Kier alpha value is -1.45. The number of ether oxygens (including phenoxy) is 1. The van der Waals surface area contributed by atoms with E-state index in [2.05, 4.69) is 4.79 Å². The van der Waals surface area contributed by atoms with E-state index in [0.29, 0.717) is 5.56 Å². The quantitative estimate of drug-likeness (QED) is 0.334. The van der Waals surface area contributed by atoms with Crippen molar-refractivity contribution in [3.63, 3.8) is 0 Å². The van der Waals surface area contributed by atoms with E-state index in [9.17, 15) is 4.79 Å². The Bertz CT molecular complexity index is 398. The second-order valence-corrected chi connectivity index (χ2v) is 4.74. The van der Waals surface area contributed by atoms with Gasteiger partial charge < -0.3 is 10.3 Å². The summed E-state index contributed by atoms with van der Waals surface area (Å²) in [7, 11) is 0. The van der Waals surface area contributed by atoms with E-state index in [4.69, 9.17) is 10.3 Å². The fraction of sp³-hybridized carbons (Fsp3) is 0.400. The van der Waals surface area contributed by atoms with Gasteiger partial charge in [0.25, 0.3) is 0 Å². The predicted molar refractivity (Wildman–Crippen MR) is 57.9 cm³/mol. The molecule has 0 aromatic carbocycles. The maximum absolute atomic E-state index is 11.6. The largest absolute Gasteiger partial charge is 0.451 e. The first-order valence-corrected chi connectivity index (χ1v) is 5.36. The fourth-order valence-corrected chi connectivity index (χ4v) is 1.58. The summed E-state index contributed by atoms with van der Waals surface area (Å²) >= 11 is 1.42. The van der Waals surface area contributed by atoms with Crippen LogP contribution in [0.15, 0.2) is 16.8 Å². The van der Waals surface area contributed by atoms with Gasteiger partial charge in [0.05, 0.1) is 5.56 Å². The number of hydrogen-bond donors (Lipinski definition) is 0. The van der Waals surface area contributed by atoms with Crippen LogP contribution < -0.4 is 0 Å². The lowest BCUT2D eigenvalue weighted by atomic mass is 10.1. The molecule has 4 nitrogen and oxygen atoms in total. The standard InChI is InChI=1S/C10H12N2O2S/c1-10(2,3)14-9(13)8(12-11)7-4-5-15-6-7/h4-6H,1-3H3. The molecule has 0 saturated heterocycles. The van der Waals surface area contributed by atoms with Gasteiger partial charge in [0, 0.05) is 5.38 Å². The number of esters is 1. The highest BCUT2D eigenvalue weighted by molar-refractivity contribution is 7.08. The highest BCUT2D eigenvalue weighted by atomic mass is 32.1. The topological polar surface area (TPSA) is 62.7 Å². The van der Waals surface area contributed by atoms with E-state index in [1.165, 1.54) is 11.3 Å². The number of carbonyl (C=O) groups is 1. The molecule has 0 amide bonds. The minimum absolute atomic E-state index is 0.0637. The van der Waals surface area contributed by atoms with Crippen molar-refractivity contribution >= 4 is 23.0 Å². The molecule has 15 heavy (non-hydrogen) atoms. The zero-order chi connectivity index (χ0) is 11.5. The van der Waals surface area contributed by atoms with Crippen molar-refractivity contribution in [2.24, 2.45) is 0 Å². The summed E-state index contributed by atoms with van der Waals surface area (Å²) in [5, 5.41) is 3.52. The molecule has 5 heteroatoms. The van der Waals surface area contributed by atoms with Crippen LogP contribution >= 0.6 is 11.3 Å². The second-order valence-electron chi connectivity index (χ2n) is 3.96. The van der Waals surface area contributed by atoms with Gasteiger partial charge in [0.1, 0.15) is 5.60 Å². The molecule has 0 atom stereocenters. The molecule has 0 N–H and O–H groups in total. The fourth-order valence-electron chi connectivity index (χ4n) is 0.942. The minimum Gasteiger partial charge on any atom is -0.451 e. The highest BCUT2D eigenvalue weighted by Gasteiger charge is 2.29. The Morgan fingerprint density at radius 2 is 2.20 bits per heavy atom. The van der Waals surface area contributed by atoms with Crippen molar-refractivity contribution in [1.82, 2.24) is 0 Å². The van der Waals surface area contributed by atoms with E-state index >= 15 is 0 Å². The van der Waals surface area contributed by atoms with Crippen LogP contribution in [0.4, 0.5) is 0 Å². The van der Waals surface area contributed by atoms with Gasteiger partial charge in [-0.3, -0.25) is 0 Å². The molecule has 0 spiro atoms.